The average Bonchev–Trinajstić information content (AvgIpc) is 3.01. The first-order chi connectivity index (χ1) is 12.0. The van der Waals surface area contributed by atoms with E-state index in [0.717, 1.165) is 5.56 Å². The standard InChI is InChI=1S/C16H18ClN5O2S/c1-3-9-18-15(24)19-13(23)10-25-16-21-20-14(22(16)4-2)11-5-7-12(17)8-6-11/h3,5-8H,1,4,9-10H2,2H3,(H2,18,19,23,24). The Kier molecular flexibility index (Phi) is 7.03. The van der Waals surface area contributed by atoms with Crippen LogP contribution in [0.1, 0.15) is 6.92 Å². The van der Waals surface area contributed by atoms with Crippen LogP contribution >= 0.6 is 23.4 Å². The molecular formula is C16H18ClN5O2S. The number of hydrogen-bond acceptors (Lipinski definition) is 5. The van der Waals surface area contributed by atoms with Gasteiger partial charge in [-0.25, -0.2) is 4.79 Å². The van der Waals surface area contributed by atoms with Crippen LogP contribution in [0.5, 0.6) is 0 Å². The molecule has 0 fully saturated rings. The van der Waals surface area contributed by atoms with Gasteiger partial charge in [-0.1, -0.05) is 29.4 Å². The molecule has 132 valence electrons. The highest BCUT2D eigenvalue weighted by molar-refractivity contribution is 7.99. The van der Waals surface area contributed by atoms with Crippen LogP contribution in [0.3, 0.4) is 0 Å². The first kappa shape index (κ1) is 19.0. The Hall–Kier alpha value is -2.32. The number of carbonyl (C=O) groups excluding carboxylic acids is 2. The number of thioether (sulfide) groups is 1. The van der Waals surface area contributed by atoms with E-state index in [0.29, 0.717) is 29.1 Å². The zero-order chi connectivity index (χ0) is 18.2. The fourth-order valence-corrected chi connectivity index (χ4v) is 2.92. The molecule has 0 saturated carbocycles. The fourth-order valence-electron chi connectivity index (χ4n) is 1.99. The first-order valence-corrected chi connectivity index (χ1v) is 8.92. The number of hydrogen-bond donors (Lipinski definition) is 2. The van der Waals surface area contributed by atoms with Gasteiger partial charge in [0.15, 0.2) is 11.0 Å². The molecule has 2 rings (SSSR count). The fraction of sp³-hybridized carbons (Fsp3) is 0.250. The lowest BCUT2D eigenvalue weighted by molar-refractivity contribution is -0.117. The summed E-state index contributed by atoms with van der Waals surface area (Å²) in [6, 6.07) is 6.75. The Labute approximate surface area is 154 Å². The number of imide groups is 1. The van der Waals surface area contributed by atoms with Crippen molar-refractivity contribution in [2.24, 2.45) is 0 Å². The number of urea groups is 1. The molecule has 0 aliphatic rings. The van der Waals surface area contributed by atoms with Gasteiger partial charge in [-0.3, -0.25) is 10.1 Å². The summed E-state index contributed by atoms with van der Waals surface area (Å²) < 4.78 is 1.90. The molecule has 7 nitrogen and oxygen atoms in total. The third kappa shape index (κ3) is 5.33. The maximum atomic E-state index is 11.8. The van der Waals surface area contributed by atoms with Gasteiger partial charge in [0.05, 0.1) is 5.75 Å². The normalized spacial score (nSPS) is 10.3. The van der Waals surface area contributed by atoms with E-state index < -0.39 is 11.9 Å². The van der Waals surface area contributed by atoms with Crippen LogP contribution in [0.2, 0.25) is 5.02 Å². The smallest absolute Gasteiger partial charge is 0.321 e. The summed E-state index contributed by atoms with van der Waals surface area (Å²) in [6.45, 7) is 6.39. The molecule has 0 spiro atoms. The van der Waals surface area contributed by atoms with Crippen molar-refractivity contribution in [3.63, 3.8) is 0 Å². The highest BCUT2D eigenvalue weighted by atomic mass is 35.5. The van der Waals surface area contributed by atoms with Crippen molar-refractivity contribution in [2.45, 2.75) is 18.6 Å². The van der Waals surface area contributed by atoms with E-state index in [2.05, 4.69) is 27.4 Å². The lowest BCUT2D eigenvalue weighted by Crippen LogP contribution is -2.40. The first-order valence-electron chi connectivity index (χ1n) is 7.55. The molecule has 1 aromatic carbocycles. The predicted molar refractivity (Wildman–Crippen MR) is 98.6 cm³/mol. The largest absolute Gasteiger partial charge is 0.334 e. The average molecular weight is 380 g/mol. The van der Waals surface area contributed by atoms with Crippen LogP contribution in [-0.4, -0.2) is 39.0 Å². The van der Waals surface area contributed by atoms with Crippen molar-refractivity contribution < 1.29 is 9.59 Å². The molecule has 1 aromatic heterocycles. The minimum Gasteiger partial charge on any atom is -0.334 e. The van der Waals surface area contributed by atoms with Gasteiger partial charge in [0.25, 0.3) is 0 Å². The second-order valence-electron chi connectivity index (χ2n) is 4.89. The summed E-state index contributed by atoms with van der Waals surface area (Å²) in [6.07, 6.45) is 1.53. The molecule has 9 heteroatoms. The molecule has 0 radical (unpaired) electrons. The quantitative estimate of drug-likeness (QED) is 0.570. The number of nitrogens with zero attached hydrogens (tertiary/aromatic N) is 3. The van der Waals surface area contributed by atoms with Gasteiger partial charge >= 0.3 is 6.03 Å². The highest BCUT2D eigenvalue weighted by Crippen LogP contribution is 2.24. The van der Waals surface area contributed by atoms with E-state index in [-0.39, 0.29) is 5.75 Å². The van der Waals surface area contributed by atoms with Crippen molar-refractivity contribution in [3.8, 4) is 11.4 Å². The molecule has 0 atom stereocenters. The topological polar surface area (TPSA) is 88.9 Å². The van der Waals surface area contributed by atoms with Gasteiger partial charge in [-0.05, 0) is 31.2 Å². The molecule has 25 heavy (non-hydrogen) atoms. The summed E-state index contributed by atoms with van der Waals surface area (Å²) in [7, 11) is 0. The van der Waals surface area contributed by atoms with Gasteiger partial charge in [0.1, 0.15) is 0 Å². The van der Waals surface area contributed by atoms with Gasteiger partial charge in [0.2, 0.25) is 5.91 Å². The molecule has 0 aliphatic carbocycles. The Morgan fingerprint density at radius 2 is 2.04 bits per heavy atom. The SMILES string of the molecule is C=CCNC(=O)NC(=O)CSc1nnc(-c2ccc(Cl)cc2)n1CC. The van der Waals surface area contributed by atoms with Gasteiger partial charge in [-0.2, -0.15) is 0 Å². The zero-order valence-corrected chi connectivity index (χ0v) is 15.2. The minimum atomic E-state index is -0.552. The maximum absolute atomic E-state index is 11.8. The van der Waals surface area contributed by atoms with Crippen LogP contribution in [0, 0.1) is 0 Å². The summed E-state index contributed by atoms with van der Waals surface area (Å²) in [5, 5.41) is 14.3. The molecule has 2 aromatic rings. The van der Waals surface area contributed by atoms with Crippen molar-refractivity contribution in [2.75, 3.05) is 12.3 Å². The molecule has 3 amide bonds. The van der Waals surface area contributed by atoms with Crippen molar-refractivity contribution in [1.82, 2.24) is 25.4 Å². The maximum Gasteiger partial charge on any atom is 0.321 e. The molecule has 0 aliphatic heterocycles. The molecule has 0 unspecified atom stereocenters. The van der Waals surface area contributed by atoms with E-state index in [9.17, 15) is 9.59 Å². The summed E-state index contributed by atoms with van der Waals surface area (Å²) in [4.78, 5) is 23.2. The zero-order valence-electron chi connectivity index (χ0n) is 13.7. The van der Waals surface area contributed by atoms with Crippen LogP contribution in [-0.2, 0) is 11.3 Å². The number of aromatic nitrogens is 3. The van der Waals surface area contributed by atoms with Crippen molar-refractivity contribution in [1.29, 1.82) is 0 Å². The van der Waals surface area contributed by atoms with E-state index in [1.165, 1.54) is 17.8 Å². The van der Waals surface area contributed by atoms with Gasteiger partial charge in [0, 0.05) is 23.7 Å². The Balaban J connectivity index is 2.01. The predicted octanol–water partition coefficient (Wildman–Crippen LogP) is 2.72. The second kappa shape index (κ2) is 9.24. The number of benzene rings is 1. The molecular weight excluding hydrogens is 362 g/mol. The van der Waals surface area contributed by atoms with Gasteiger partial charge < -0.3 is 9.88 Å². The molecule has 1 heterocycles. The van der Waals surface area contributed by atoms with Crippen molar-refractivity contribution >= 4 is 35.3 Å². The summed E-state index contributed by atoms with van der Waals surface area (Å²) >= 11 is 7.12. The Morgan fingerprint density at radius 3 is 2.68 bits per heavy atom. The van der Waals surface area contributed by atoms with Crippen LogP contribution in [0.4, 0.5) is 4.79 Å². The van der Waals surface area contributed by atoms with E-state index in [4.69, 9.17) is 11.6 Å². The number of halogens is 1. The number of carbonyl (C=O) groups is 2. The summed E-state index contributed by atoms with van der Waals surface area (Å²) in [5.74, 6) is 0.344. The molecule has 0 saturated heterocycles. The third-order valence-corrected chi connectivity index (χ3v) is 4.35. The van der Waals surface area contributed by atoms with Crippen LogP contribution in [0.15, 0.2) is 42.1 Å². The Bertz CT molecular complexity index is 760. The van der Waals surface area contributed by atoms with E-state index >= 15 is 0 Å². The molecule has 0 bridgehead atoms. The number of nitrogens with one attached hydrogen (secondary N) is 2. The number of amides is 3. The monoisotopic (exact) mass is 379 g/mol. The van der Waals surface area contributed by atoms with E-state index in [1.54, 1.807) is 12.1 Å². The van der Waals surface area contributed by atoms with E-state index in [1.807, 2.05) is 23.6 Å². The van der Waals surface area contributed by atoms with Crippen molar-refractivity contribution in [3.05, 3.63) is 41.9 Å². The second-order valence-corrected chi connectivity index (χ2v) is 6.27. The van der Waals surface area contributed by atoms with Crippen LogP contribution < -0.4 is 10.6 Å². The third-order valence-electron chi connectivity index (χ3n) is 3.13. The summed E-state index contributed by atoms with van der Waals surface area (Å²) in [5.41, 5.74) is 0.888. The highest BCUT2D eigenvalue weighted by Gasteiger charge is 2.15. The Morgan fingerprint density at radius 1 is 1.32 bits per heavy atom. The lowest BCUT2D eigenvalue weighted by atomic mass is 10.2. The minimum absolute atomic E-state index is 0.0558. The molecule has 2 N–H and O–H groups in total. The number of rotatable bonds is 7. The lowest BCUT2D eigenvalue weighted by Gasteiger charge is -2.08. The van der Waals surface area contributed by atoms with Gasteiger partial charge in [-0.15, -0.1) is 16.8 Å². The van der Waals surface area contributed by atoms with Crippen LogP contribution in [0.25, 0.3) is 11.4 Å².